The Labute approximate surface area is 146 Å². The molecular formula is C19H29NO3Si. The number of methoxy groups -OCH3 is 1. The van der Waals surface area contributed by atoms with E-state index in [1.54, 1.807) is 7.11 Å². The average molecular weight is 348 g/mol. The fraction of sp³-hybridized carbons (Fsp3) is 0.632. The van der Waals surface area contributed by atoms with Crippen LogP contribution < -0.4 is 0 Å². The lowest BCUT2D eigenvalue weighted by Crippen LogP contribution is -2.68. The number of rotatable bonds is 4. The summed E-state index contributed by atoms with van der Waals surface area (Å²) < 4.78 is 18.5. The third-order valence-electron chi connectivity index (χ3n) is 5.52. The van der Waals surface area contributed by atoms with Crippen molar-refractivity contribution in [2.75, 3.05) is 7.11 Å². The van der Waals surface area contributed by atoms with Crippen molar-refractivity contribution in [1.82, 2.24) is 0 Å². The summed E-state index contributed by atoms with van der Waals surface area (Å²) in [5.41, 5.74) is 1.34. The van der Waals surface area contributed by atoms with E-state index in [1.807, 2.05) is 24.3 Å². The second kappa shape index (κ2) is 5.96. The Kier molecular flexibility index (Phi) is 4.75. The minimum atomic E-state index is -2.06. The minimum Gasteiger partial charge on any atom is -0.368 e. The highest BCUT2D eigenvalue weighted by Crippen LogP contribution is 2.60. The van der Waals surface area contributed by atoms with E-state index in [0.29, 0.717) is 5.56 Å². The smallest absolute Gasteiger partial charge is 0.282 e. The molecule has 2 rings (SSSR count). The van der Waals surface area contributed by atoms with Gasteiger partial charge in [-0.25, -0.2) is 0 Å². The second-order valence-corrected chi connectivity index (χ2v) is 13.3. The van der Waals surface area contributed by atoms with Crippen molar-refractivity contribution < 1.29 is 13.9 Å². The normalized spacial score (nSPS) is 26.5. The van der Waals surface area contributed by atoms with Crippen molar-refractivity contribution >= 4 is 8.32 Å². The largest absolute Gasteiger partial charge is 0.368 e. The van der Waals surface area contributed by atoms with Gasteiger partial charge in [-0.05, 0) is 49.7 Å². The van der Waals surface area contributed by atoms with Crippen LogP contribution in [0.25, 0.3) is 0 Å². The molecule has 2 atom stereocenters. The first-order chi connectivity index (χ1) is 10.9. The fourth-order valence-electron chi connectivity index (χ4n) is 2.77. The Hall–Kier alpha value is -1.19. The Bertz CT molecular complexity index is 640. The van der Waals surface area contributed by atoms with Crippen LogP contribution in [0, 0.1) is 16.7 Å². The molecule has 1 heterocycles. The third-order valence-corrected chi connectivity index (χ3v) is 9.92. The van der Waals surface area contributed by atoms with Crippen molar-refractivity contribution in [3.63, 3.8) is 0 Å². The number of hydrogen-bond acceptors (Lipinski definition) is 4. The van der Waals surface area contributed by atoms with Crippen molar-refractivity contribution in [3.05, 3.63) is 35.4 Å². The Morgan fingerprint density at radius 1 is 1.17 bits per heavy atom. The first-order valence-electron chi connectivity index (χ1n) is 8.33. The highest BCUT2D eigenvalue weighted by atomic mass is 28.4. The van der Waals surface area contributed by atoms with E-state index in [2.05, 4.69) is 53.8 Å². The molecule has 0 bridgehead atoms. The molecule has 0 aliphatic carbocycles. The van der Waals surface area contributed by atoms with E-state index >= 15 is 0 Å². The van der Waals surface area contributed by atoms with Gasteiger partial charge in [0.15, 0.2) is 8.32 Å². The molecule has 1 saturated heterocycles. The van der Waals surface area contributed by atoms with Crippen LogP contribution in [0.3, 0.4) is 0 Å². The zero-order valence-corrected chi connectivity index (χ0v) is 17.1. The molecule has 132 valence electrons. The monoisotopic (exact) mass is 347 g/mol. The van der Waals surface area contributed by atoms with Crippen LogP contribution in [0.4, 0.5) is 0 Å². The van der Waals surface area contributed by atoms with E-state index < -0.39 is 14.3 Å². The van der Waals surface area contributed by atoms with E-state index in [9.17, 15) is 0 Å². The molecule has 1 aliphatic rings. The first-order valence-corrected chi connectivity index (χ1v) is 11.2. The second-order valence-electron chi connectivity index (χ2n) is 8.58. The number of hydrogen-bond donors (Lipinski definition) is 0. The molecule has 0 aromatic heterocycles. The quantitative estimate of drug-likeness (QED) is 0.569. The van der Waals surface area contributed by atoms with Crippen molar-refractivity contribution in [2.24, 2.45) is 5.41 Å². The molecule has 0 N–H and O–H groups in total. The van der Waals surface area contributed by atoms with E-state index in [-0.39, 0.29) is 16.6 Å². The van der Waals surface area contributed by atoms with Crippen molar-refractivity contribution in [1.29, 1.82) is 5.26 Å². The molecule has 2 unspecified atom stereocenters. The van der Waals surface area contributed by atoms with Crippen LogP contribution >= 0.6 is 0 Å². The van der Waals surface area contributed by atoms with Gasteiger partial charge in [-0.15, -0.1) is 0 Å². The molecule has 0 amide bonds. The van der Waals surface area contributed by atoms with Gasteiger partial charge in [0.1, 0.15) is 6.10 Å². The summed E-state index contributed by atoms with van der Waals surface area (Å²) in [6, 6.07) is 9.65. The maximum atomic E-state index is 8.95. The standard InChI is InChI=1S/C19H29NO3Si/c1-17(2,3)24(7,8)23-19(21-6)18(4,5)16(22-19)15-11-9-14(13-20)10-12-15/h9-12,16H,1-8H3. The van der Waals surface area contributed by atoms with Crippen LogP contribution in [0.15, 0.2) is 24.3 Å². The van der Waals surface area contributed by atoms with Crippen LogP contribution in [0.2, 0.25) is 18.1 Å². The molecule has 1 fully saturated rings. The Morgan fingerprint density at radius 2 is 1.71 bits per heavy atom. The van der Waals surface area contributed by atoms with Gasteiger partial charge in [-0.2, -0.15) is 5.26 Å². The van der Waals surface area contributed by atoms with E-state index in [1.165, 1.54) is 0 Å². The lowest BCUT2D eigenvalue weighted by Gasteiger charge is -2.61. The predicted octanol–water partition coefficient (Wildman–Crippen LogP) is 4.98. The van der Waals surface area contributed by atoms with Crippen LogP contribution in [-0.2, 0) is 13.9 Å². The van der Waals surface area contributed by atoms with Gasteiger partial charge in [-0.3, -0.25) is 0 Å². The van der Waals surface area contributed by atoms with Crippen molar-refractivity contribution in [2.45, 2.75) is 64.8 Å². The summed E-state index contributed by atoms with van der Waals surface area (Å²) in [4.78, 5) is 0. The molecule has 24 heavy (non-hydrogen) atoms. The number of nitrogens with zero attached hydrogens (tertiary/aromatic N) is 1. The predicted molar refractivity (Wildman–Crippen MR) is 96.8 cm³/mol. The molecule has 4 nitrogen and oxygen atoms in total. The lowest BCUT2D eigenvalue weighted by atomic mass is 9.74. The average Bonchev–Trinajstić information content (AvgIpc) is 2.50. The zero-order chi connectivity index (χ0) is 18.4. The summed E-state index contributed by atoms with van der Waals surface area (Å²) in [5, 5.41) is 9.02. The Morgan fingerprint density at radius 3 is 2.08 bits per heavy atom. The summed E-state index contributed by atoms with van der Waals surface area (Å²) in [6.45, 7) is 15.2. The van der Waals surface area contributed by atoms with Crippen LogP contribution in [0.1, 0.15) is 51.8 Å². The third kappa shape index (κ3) is 2.93. The summed E-state index contributed by atoms with van der Waals surface area (Å²) in [7, 11) is -0.415. The SMILES string of the molecule is COC1(O[Si](C)(C)C(C)(C)C)OC(c2ccc(C#N)cc2)C1(C)C. The molecular weight excluding hydrogens is 318 g/mol. The maximum Gasteiger partial charge on any atom is 0.282 e. The van der Waals surface area contributed by atoms with Crippen LogP contribution in [0.5, 0.6) is 0 Å². The van der Waals surface area contributed by atoms with Gasteiger partial charge in [0.05, 0.1) is 17.0 Å². The molecule has 1 aromatic rings. The highest BCUT2D eigenvalue weighted by molar-refractivity contribution is 6.74. The van der Waals surface area contributed by atoms with Gasteiger partial charge in [0, 0.05) is 7.11 Å². The number of ether oxygens (including phenoxy) is 2. The fourth-order valence-corrected chi connectivity index (χ4v) is 4.14. The van der Waals surface area contributed by atoms with E-state index in [4.69, 9.17) is 19.2 Å². The summed E-state index contributed by atoms with van der Waals surface area (Å²) >= 11 is 0. The van der Waals surface area contributed by atoms with Crippen LogP contribution in [-0.4, -0.2) is 21.4 Å². The van der Waals surface area contributed by atoms with Crippen molar-refractivity contribution in [3.8, 4) is 6.07 Å². The van der Waals surface area contributed by atoms with Gasteiger partial charge in [0.2, 0.25) is 0 Å². The van der Waals surface area contributed by atoms with Gasteiger partial charge >= 0.3 is 0 Å². The van der Waals surface area contributed by atoms with E-state index in [0.717, 1.165) is 5.56 Å². The highest BCUT2D eigenvalue weighted by Gasteiger charge is 2.67. The number of benzene rings is 1. The topological polar surface area (TPSA) is 51.5 Å². The molecule has 0 radical (unpaired) electrons. The molecule has 1 aliphatic heterocycles. The zero-order valence-electron chi connectivity index (χ0n) is 16.1. The minimum absolute atomic E-state index is 0.0670. The van der Waals surface area contributed by atoms with Gasteiger partial charge in [0.25, 0.3) is 5.97 Å². The lowest BCUT2D eigenvalue weighted by molar-refractivity contribution is -0.499. The maximum absolute atomic E-state index is 8.95. The first kappa shape index (κ1) is 19.1. The summed E-state index contributed by atoms with van der Waals surface area (Å²) in [5.74, 6) is -1.03. The van der Waals surface area contributed by atoms with Gasteiger partial charge in [-0.1, -0.05) is 32.9 Å². The molecule has 1 aromatic carbocycles. The number of nitriles is 1. The Balaban J connectivity index is 2.28. The summed E-state index contributed by atoms with van der Waals surface area (Å²) in [6.07, 6.45) is -0.130. The molecule has 0 saturated carbocycles. The van der Waals surface area contributed by atoms with Gasteiger partial charge < -0.3 is 13.9 Å². The molecule has 0 spiro atoms. The molecule has 5 heteroatoms.